The molecule has 0 spiro atoms. The van der Waals surface area contributed by atoms with Crippen LogP contribution in [-0.2, 0) is 4.79 Å². The third-order valence-corrected chi connectivity index (χ3v) is 6.17. The Bertz CT molecular complexity index is 951. The molecule has 0 atom stereocenters. The highest BCUT2D eigenvalue weighted by Gasteiger charge is 2.33. The molecule has 0 unspecified atom stereocenters. The van der Waals surface area contributed by atoms with Crippen LogP contribution in [0.15, 0.2) is 47.4 Å². The summed E-state index contributed by atoms with van der Waals surface area (Å²) < 4.78 is 14.0. The van der Waals surface area contributed by atoms with Gasteiger partial charge in [-0.25, -0.2) is 4.39 Å². The van der Waals surface area contributed by atoms with Crippen molar-refractivity contribution in [3.63, 3.8) is 0 Å². The molecule has 2 aliphatic rings. The molecule has 2 aromatic carbocycles. The summed E-state index contributed by atoms with van der Waals surface area (Å²) in [7, 11) is 0. The van der Waals surface area contributed by atoms with Crippen molar-refractivity contribution in [3.8, 4) is 0 Å². The number of hydrogen-bond donors (Lipinski definition) is 0. The molecule has 27 heavy (non-hydrogen) atoms. The van der Waals surface area contributed by atoms with Gasteiger partial charge in [0.25, 0.3) is 5.91 Å². The topological polar surface area (TPSA) is 23.6 Å². The maximum Gasteiger partial charge on any atom is 0.270 e. The number of carbonyl (C=O) groups excluding carboxylic acids is 1. The van der Waals surface area contributed by atoms with E-state index in [1.54, 1.807) is 12.1 Å². The molecule has 2 fully saturated rings. The number of thiocarbonyl (C=S) groups is 1. The van der Waals surface area contributed by atoms with Crippen LogP contribution in [0.2, 0.25) is 0 Å². The first-order valence-corrected chi connectivity index (χ1v) is 10.1. The van der Waals surface area contributed by atoms with E-state index in [2.05, 4.69) is 30.0 Å². The molecule has 0 saturated carbocycles. The Morgan fingerprint density at radius 1 is 1.11 bits per heavy atom. The third-order valence-electron chi connectivity index (χ3n) is 4.87. The number of benzene rings is 2. The van der Waals surface area contributed by atoms with Crippen molar-refractivity contribution < 1.29 is 9.18 Å². The summed E-state index contributed by atoms with van der Waals surface area (Å²) in [6.45, 7) is 4.26. The zero-order chi connectivity index (χ0) is 19.0. The zero-order valence-electron chi connectivity index (χ0n) is 14.9. The quantitative estimate of drug-likeness (QED) is 0.528. The highest BCUT2D eigenvalue weighted by molar-refractivity contribution is 8.27. The van der Waals surface area contributed by atoms with Crippen LogP contribution in [0.3, 0.4) is 0 Å². The van der Waals surface area contributed by atoms with Crippen molar-refractivity contribution in [1.29, 1.82) is 0 Å². The van der Waals surface area contributed by atoms with E-state index in [1.165, 1.54) is 47.3 Å². The van der Waals surface area contributed by atoms with Crippen molar-refractivity contribution in [3.05, 3.63) is 64.3 Å². The lowest BCUT2D eigenvalue weighted by atomic mass is 10.1. The molecular formula is C21H19FN2OS2. The molecule has 138 valence electrons. The van der Waals surface area contributed by atoms with Gasteiger partial charge in [-0.2, -0.15) is 0 Å². The van der Waals surface area contributed by atoms with Crippen LogP contribution in [0.1, 0.15) is 24.0 Å². The van der Waals surface area contributed by atoms with Gasteiger partial charge in [-0.05, 0) is 67.3 Å². The highest BCUT2D eigenvalue weighted by atomic mass is 32.2. The number of rotatable bonds is 3. The zero-order valence-corrected chi connectivity index (χ0v) is 16.6. The van der Waals surface area contributed by atoms with Gasteiger partial charge in [0.2, 0.25) is 0 Å². The first-order chi connectivity index (χ1) is 13.0. The van der Waals surface area contributed by atoms with Crippen molar-refractivity contribution in [2.24, 2.45) is 0 Å². The summed E-state index contributed by atoms with van der Waals surface area (Å²) in [5, 5.41) is 0. The minimum Gasteiger partial charge on any atom is -0.372 e. The molecular weight excluding hydrogens is 379 g/mol. The van der Waals surface area contributed by atoms with Crippen LogP contribution in [0.5, 0.6) is 0 Å². The Kier molecular flexibility index (Phi) is 5.02. The lowest BCUT2D eigenvalue weighted by Crippen LogP contribution is -2.27. The highest BCUT2D eigenvalue weighted by Crippen LogP contribution is 2.36. The Balaban J connectivity index is 1.61. The molecule has 6 heteroatoms. The number of carbonyl (C=O) groups is 1. The Labute approximate surface area is 167 Å². The van der Waals surface area contributed by atoms with E-state index in [4.69, 9.17) is 12.2 Å². The number of amides is 1. The van der Waals surface area contributed by atoms with Crippen LogP contribution in [0, 0.1) is 12.7 Å². The minimum atomic E-state index is -0.390. The average molecular weight is 399 g/mol. The predicted molar refractivity (Wildman–Crippen MR) is 115 cm³/mol. The van der Waals surface area contributed by atoms with Crippen LogP contribution in [-0.4, -0.2) is 23.3 Å². The molecule has 0 aromatic heterocycles. The van der Waals surface area contributed by atoms with Crippen LogP contribution < -0.4 is 9.80 Å². The fourth-order valence-electron chi connectivity index (χ4n) is 3.44. The Morgan fingerprint density at radius 2 is 1.89 bits per heavy atom. The molecule has 0 aliphatic carbocycles. The summed E-state index contributed by atoms with van der Waals surface area (Å²) in [5.41, 5.74) is 3.81. The lowest BCUT2D eigenvalue weighted by molar-refractivity contribution is -0.113. The minimum absolute atomic E-state index is 0.210. The third kappa shape index (κ3) is 3.64. The number of thioether (sulfide) groups is 1. The Hall–Kier alpha value is -2.18. The molecule has 0 bridgehead atoms. The maximum atomic E-state index is 13.5. The lowest BCUT2D eigenvalue weighted by Gasteiger charge is -2.18. The molecule has 3 nitrogen and oxygen atoms in total. The average Bonchev–Trinajstić information content (AvgIpc) is 3.26. The van der Waals surface area contributed by atoms with Crippen LogP contribution in [0.4, 0.5) is 15.8 Å². The molecule has 0 N–H and O–H groups in total. The van der Waals surface area contributed by atoms with E-state index < -0.39 is 0 Å². The Morgan fingerprint density at radius 3 is 2.59 bits per heavy atom. The molecule has 4 rings (SSSR count). The molecule has 2 aliphatic heterocycles. The largest absolute Gasteiger partial charge is 0.372 e. The SMILES string of the molecule is Cc1cc(N2CCCC2)ccc1/C=C1\SC(=S)N(c2cccc(F)c2)C1=O. The van der Waals surface area contributed by atoms with Crippen LogP contribution in [0.25, 0.3) is 6.08 Å². The summed E-state index contributed by atoms with van der Waals surface area (Å²) in [6.07, 6.45) is 4.36. The molecule has 2 heterocycles. The van der Waals surface area contributed by atoms with Crippen LogP contribution >= 0.6 is 24.0 Å². The van der Waals surface area contributed by atoms with Crippen molar-refractivity contribution in [1.82, 2.24) is 0 Å². The predicted octanol–water partition coefficient (Wildman–Crippen LogP) is 5.14. The molecule has 2 saturated heterocycles. The second kappa shape index (κ2) is 7.44. The number of anilines is 2. The van der Waals surface area contributed by atoms with E-state index in [0.717, 1.165) is 24.2 Å². The number of aryl methyl sites for hydroxylation is 1. The number of nitrogens with zero attached hydrogens (tertiary/aromatic N) is 2. The summed E-state index contributed by atoms with van der Waals surface area (Å²) in [6, 6.07) is 12.3. The normalized spacial score (nSPS) is 18.8. The molecule has 2 aromatic rings. The van der Waals surface area contributed by atoms with Crippen molar-refractivity contribution >= 4 is 51.7 Å². The molecule has 1 amide bonds. The van der Waals surface area contributed by atoms with Gasteiger partial charge in [0.1, 0.15) is 5.82 Å². The van der Waals surface area contributed by atoms with Gasteiger partial charge in [-0.15, -0.1) is 0 Å². The van der Waals surface area contributed by atoms with E-state index in [-0.39, 0.29) is 11.7 Å². The first-order valence-electron chi connectivity index (χ1n) is 8.92. The van der Waals surface area contributed by atoms with Gasteiger partial charge in [0.15, 0.2) is 4.32 Å². The number of hydrogen-bond acceptors (Lipinski definition) is 4. The second-order valence-electron chi connectivity index (χ2n) is 6.73. The second-order valence-corrected chi connectivity index (χ2v) is 8.41. The standard InChI is InChI=1S/C21H19FN2OS2/c1-14-11-17(23-9-2-3-10-23)8-7-15(14)12-19-20(25)24(21(26)27-19)18-6-4-5-16(22)13-18/h4-8,11-13H,2-3,9-10H2,1H3/b19-12-. The summed E-state index contributed by atoms with van der Waals surface area (Å²) in [4.78, 5) is 17.2. The fraction of sp³-hybridized carbons (Fsp3) is 0.238. The smallest absolute Gasteiger partial charge is 0.270 e. The van der Waals surface area contributed by atoms with Gasteiger partial charge in [-0.1, -0.05) is 36.1 Å². The van der Waals surface area contributed by atoms with Gasteiger partial charge < -0.3 is 4.90 Å². The summed E-state index contributed by atoms with van der Waals surface area (Å²) >= 11 is 6.61. The summed E-state index contributed by atoms with van der Waals surface area (Å²) in [5.74, 6) is -0.600. The van der Waals surface area contributed by atoms with E-state index >= 15 is 0 Å². The van der Waals surface area contributed by atoms with Gasteiger partial charge in [-0.3, -0.25) is 9.69 Å². The van der Waals surface area contributed by atoms with Crippen molar-refractivity contribution in [2.45, 2.75) is 19.8 Å². The molecule has 0 radical (unpaired) electrons. The van der Waals surface area contributed by atoms with Gasteiger partial charge >= 0.3 is 0 Å². The first kappa shape index (κ1) is 18.2. The van der Waals surface area contributed by atoms with E-state index in [1.807, 2.05) is 6.08 Å². The van der Waals surface area contributed by atoms with Gasteiger partial charge in [0.05, 0.1) is 10.6 Å². The monoisotopic (exact) mass is 398 g/mol. The maximum absolute atomic E-state index is 13.5. The van der Waals surface area contributed by atoms with E-state index in [9.17, 15) is 9.18 Å². The number of halogens is 1. The van der Waals surface area contributed by atoms with E-state index in [0.29, 0.717) is 14.9 Å². The van der Waals surface area contributed by atoms with Crippen molar-refractivity contribution in [2.75, 3.05) is 22.9 Å². The van der Waals surface area contributed by atoms with Gasteiger partial charge in [0, 0.05) is 18.8 Å². The fourth-order valence-corrected chi connectivity index (χ4v) is 4.73.